The predicted molar refractivity (Wildman–Crippen MR) is 108 cm³/mol. The van der Waals surface area contributed by atoms with E-state index in [2.05, 4.69) is 10.4 Å². The zero-order valence-corrected chi connectivity index (χ0v) is 17.0. The average Bonchev–Trinajstić information content (AvgIpc) is 3.14. The molecule has 1 N–H and O–H groups in total. The smallest absolute Gasteiger partial charge is 0.272 e. The summed E-state index contributed by atoms with van der Waals surface area (Å²) in [5, 5.41) is 8.46. The summed E-state index contributed by atoms with van der Waals surface area (Å²) >= 11 is 12.1. The highest BCUT2D eigenvalue weighted by Crippen LogP contribution is 2.53. The van der Waals surface area contributed by atoms with Gasteiger partial charge in [-0.15, -0.1) is 0 Å². The summed E-state index contributed by atoms with van der Waals surface area (Å²) in [6, 6.07) is 7.27. The largest absolute Gasteiger partial charge is 0.470 e. The Bertz CT molecular complexity index is 870. The maximum Gasteiger partial charge on any atom is 0.272 e. The number of aromatic nitrogens is 2. The summed E-state index contributed by atoms with van der Waals surface area (Å²) < 4.78 is 7.26. The second-order valence-corrected chi connectivity index (χ2v) is 9.28. The Morgan fingerprint density at radius 1 is 1.11 bits per heavy atom. The van der Waals surface area contributed by atoms with E-state index in [-0.39, 0.29) is 12.6 Å². The lowest BCUT2D eigenvalue weighted by atomic mass is 9.54. The van der Waals surface area contributed by atoms with Gasteiger partial charge in [-0.05, 0) is 74.0 Å². The topological polar surface area (TPSA) is 56.2 Å². The van der Waals surface area contributed by atoms with E-state index in [0.717, 1.165) is 11.8 Å². The number of ether oxygens (including phenoxy) is 1. The normalized spacial score (nSPS) is 30.4. The molecule has 4 saturated carbocycles. The van der Waals surface area contributed by atoms with Crippen LogP contribution >= 0.6 is 23.2 Å². The van der Waals surface area contributed by atoms with Crippen LogP contribution in [0.3, 0.4) is 0 Å². The molecule has 0 atom stereocenters. The first-order valence-electron chi connectivity index (χ1n) is 9.98. The van der Waals surface area contributed by atoms with Crippen LogP contribution in [0.15, 0.2) is 30.5 Å². The lowest BCUT2D eigenvalue weighted by Gasteiger charge is -2.54. The molecule has 7 heteroatoms. The number of nitrogens with one attached hydrogen (secondary N) is 1. The van der Waals surface area contributed by atoms with Gasteiger partial charge in [-0.1, -0.05) is 29.3 Å². The number of benzene rings is 1. The second kappa shape index (κ2) is 7.27. The van der Waals surface area contributed by atoms with Crippen LogP contribution in [-0.2, 0) is 6.73 Å². The Kier molecular flexibility index (Phi) is 4.76. The van der Waals surface area contributed by atoms with Crippen LogP contribution in [0.2, 0.25) is 10.0 Å². The van der Waals surface area contributed by atoms with Gasteiger partial charge in [-0.25, -0.2) is 4.68 Å². The molecule has 0 saturated heterocycles. The zero-order chi connectivity index (χ0) is 19.3. The SMILES string of the molecule is O=C(NC1C2CC3CC(C2)CC1C3)c1ccn(COc2cccc(Cl)c2Cl)n1. The molecule has 4 fully saturated rings. The molecule has 0 radical (unpaired) electrons. The minimum Gasteiger partial charge on any atom is -0.470 e. The molecular formula is C21H23Cl2N3O2. The van der Waals surface area contributed by atoms with Crippen LogP contribution < -0.4 is 10.1 Å². The van der Waals surface area contributed by atoms with Crippen molar-refractivity contribution in [3.05, 3.63) is 46.2 Å². The molecule has 0 unspecified atom stereocenters. The number of rotatable bonds is 5. The fraction of sp³-hybridized carbons (Fsp3) is 0.524. The van der Waals surface area contributed by atoms with Crippen molar-refractivity contribution in [2.75, 3.05) is 0 Å². The van der Waals surface area contributed by atoms with Crippen LogP contribution in [0.4, 0.5) is 0 Å². The maximum atomic E-state index is 12.8. The molecule has 0 aliphatic heterocycles. The van der Waals surface area contributed by atoms with Crippen molar-refractivity contribution < 1.29 is 9.53 Å². The van der Waals surface area contributed by atoms with E-state index >= 15 is 0 Å². The Labute approximate surface area is 174 Å². The quantitative estimate of drug-likeness (QED) is 0.758. The average molecular weight is 420 g/mol. The Morgan fingerprint density at radius 2 is 1.82 bits per heavy atom. The first-order valence-corrected chi connectivity index (χ1v) is 10.7. The van der Waals surface area contributed by atoms with Gasteiger partial charge in [-0.2, -0.15) is 5.10 Å². The van der Waals surface area contributed by atoms with E-state index in [0.29, 0.717) is 39.4 Å². The molecule has 1 heterocycles. The first-order chi connectivity index (χ1) is 13.6. The number of nitrogens with zero attached hydrogens (tertiary/aromatic N) is 2. The highest BCUT2D eigenvalue weighted by atomic mass is 35.5. The lowest BCUT2D eigenvalue weighted by molar-refractivity contribution is -0.0120. The summed E-state index contributed by atoms with van der Waals surface area (Å²) in [5.74, 6) is 3.49. The van der Waals surface area contributed by atoms with Crippen LogP contribution in [-0.4, -0.2) is 21.7 Å². The highest BCUT2D eigenvalue weighted by Gasteiger charge is 2.48. The van der Waals surface area contributed by atoms with Gasteiger partial charge in [0, 0.05) is 12.2 Å². The minimum absolute atomic E-state index is 0.0861. The van der Waals surface area contributed by atoms with E-state index in [4.69, 9.17) is 27.9 Å². The number of carbonyl (C=O) groups is 1. The van der Waals surface area contributed by atoms with E-state index in [1.165, 1.54) is 32.1 Å². The summed E-state index contributed by atoms with van der Waals surface area (Å²) in [4.78, 5) is 12.8. The van der Waals surface area contributed by atoms with Crippen LogP contribution in [0.5, 0.6) is 5.75 Å². The molecule has 6 rings (SSSR count). The third-order valence-electron chi connectivity index (χ3n) is 6.67. The van der Waals surface area contributed by atoms with Crippen molar-refractivity contribution >= 4 is 29.1 Å². The first kappa shape index (κ1) is 18.3. The monoisotopic (exact) mass is 419 g/mol. The molecule has 1 aromatic heterocycles. The van der Waals surface area contributed by atoms with Gasteiger partial charge in [0.2, 0.25) is 0 Å². The van der Waals surface area contributed by atoms with Gasteiger partial charge in [0.1, 0.15) is 16.5 Å². The third kappa shape index (κ3) is 3.39. The number of hydrogen-bond acceptors (Lipinski definition) is 3. The zero-order valence-electron chi connectivity index (χ0n) is 15.5. The molecular weight excluding hydrogens is 397 g/mol. The molecule has 5 nitrogen and oxygen atoms in total. The summed E-state index contributed by atoms with van der Waals surface area (Å²) in [6.07, 6.45) is 8.27. The molecule has 1 amide bonds. The molecule has 4 bridgehead atoms. The summed E-state index contributed by atoms with van der Waals surface area (Å²) in [5.41, 5.74) is 0.426. The molecule has 2 aromatic rings. The minimum atomic E-state index is -0.0861. The van der Waals surface area contributed by atoms with Crippen molar-refractivity contribution in [1.82, 2.24) is 15.1 Å². The van der Waals surface area contributed by atoms with Crippen LogP contribution in [0, 0.1) is 23.7 Å². The standard InChI is InChI=1S/C21H23Cl2N3O2/c22-16-2-1-3-18(19(16)23)28-11-26-5-4-17(25-26)21(27)24-20-14-7-12-6-13(9-14)10-15(20)8-12/h1-5,12-15,20H,6-11H2,(H,24,27). The number of carbonyl (C=O) groups excluding carboxylic acids is 1. The summed E-state index contributed by atoms with van der Waals surface area (Å²) in [6.45, 7) is 0.158. The van der Waals surface area contributed by atoms with Crippen molar-refractivity contribution in [1.29, 1.82) is 0 Å². The predicted octanol–water partition coefficient (Wildman–Crippen LogP) is 4.78. The Balaban J connectivity index is 1.21. The van der Waals surface area contributed by atoms with E-state index < -0.39 is 0 Å². The highest BCUT2D eigenvalue weighted by molar-refractivity contribution is 6.42. The molecule has 148 valence electrons. The van der Waals surface area contributed by atoms with Crippen molar-refractivity contribution in [2.45, 2.75) is 44.9 Å². The van der Waals surface area contributed by atoms with Gasteiger partial charge < -0.3 is 10.1 Å². The lowest BCUT2D eigenvalue weighted by Crippen LogP contribution is -2.55. The van der Waals surface area contributed by atoms with Gasteiger partial charge in [0.05, 0.1) is 5.02 Å². The molecule has 28 heavy (non-hydrogen) atoms. The number of halogens is 2. The van der Waals surface area contributed by atoms with E-state index in [9.17, 15) is 4.79 Å². The van der Waals surface area contributed by atoms with Crippen molar-refractivity contribution in [3.8, 4) is 5.75 Å². The van der Waals surface area contributed by atoms with Crippen LogP contribution in [0.25, 0.3) is 0 Å². The van der Waals surface area contributed by atoms with Gasteiger partial charge in [-0.3, -0.25) is 4.79 Å². The number of amides is 1. The molecule has 4 aliphatic rings. The van der Waals surface area contributed by atoms with Gasteiger partial charge >= 0.3 is 0 Å². The molecule has 4 aliphatic carbocycles. The fourth-order valence-corrected chi connectivity index (χ4v) is 6.02. The van der Waals surface area contributed by atoms with Gasteiger partial charge in [0.25, 0.3) is 5.91 Å². The fourth-order valence-electron chi connectivity index (χ4n) is 5.67. The molecule has 0 spiro atoms. The van der Waals surface area contributed by atoms with Gasteiger partial charge in [0.15, 0.2) is 6.73 Å². The number of hydrogen-bond donors (Lipinski definition) is 1. The maximum absolute atomic E-state index is 12.8. The third-order valence-corrected chi connectivity index (χ3v) is 7.47. The van der Waals surface area contributed by atoms with E-state index in [1.54, 1.807) is 35.1 Å². The van der Waals surface area contributed by atoms with E-state index in [1.807, 2.05) is 0 Å². The van der Waals surface area contributed by atoms with Crippen molar-refractivity contribution in [2.24, 2.45) is 23.7 Å². The van der Waals surface area contributed by atoms with Crippen molar-refractivity contribution in [3.63, 3.8) is 0 Å². The second-order valence-electron chi connectivity index (χ2n) is 8.50. The summed E-state index contributed by atoms with van der Waals surface area (Å²) in [7, 11) is 0. The molecule has 1 aromatic carbocycles. The Morgan fingerprint density at radius 3 is 2.54 bits per heavy atom. The Hall–Kier alpha value is -1.72. The van der Waals surface area contributed by atoms with Crippen LogP contribution in [0.1, 0.15) is 42.6 Å².